The minimum absolute atomic E-state index is 0.354. The third-order valence-corrected chi connectivity index (χ3v) is 5.06. The van der Waals surface area contributed by atoms with E-state index in [1.54, 1.807) is 0 Å². The van der Waals surface area contributed by atoms with Gasteiger partial charge in [0.05, 0.1) is 0 Å². The van der Waals surface area contributed by atoms with Gasteiger partial charge in [-0.05, 0) is 58.0 Å². The molecule has 1 aliphatic carbocycles. The van der Waals surface area contributed by atoms with Gasteiger partial charge in [0.1, 0.15) is 5.54 Å². The Bertz CT molecular complexity index is 392. The Labute approximate surface area is 126 Å². The molecule has 1 unspecified atom stereocenters. The van der Waals surface area contributed by atoms with Gasteiger partial charge in [0.25, 0.3) is 0 Å². The van der Waals surface area contributed by atoms with Crippen LogP contribution in [0.15, 0.2) is 0 Å². The third kappa shape index (κ3) is 3.87. The van der Waals surface area contributed by atoms with Crippen LogP contribution in [0, 0.1) is 5.92 Å². The Kier molecular flexibility index (Phi) is 5.08. The van der Waals surface area contributed by atoms with Crippen molar-refractivity contribution in [2.24, 2.45) is 5.92 Å². The molecule has 6 nitrogen and oxygen atoms in total. The molecule has 120 valence electrons. The quantitative estimate of drug-likeness (QED) is 0.733. The smallest absolute Gasteiger partial charge is 0.329 e. The number of carbonyl (C=O) groups excluding carboxylic acids is 1. The van der Waals surface area contributed by atoms with Crippen LogP contribution in [-0.4, -0.2) is 53.7 Å². The molecule has 21 heavy (non-hydrogen) atoms. The van der Waals surface area contributed by atoms with Crippen LogP contribution >= 0.6 is 0 Å². The van der Waals surface area contributed by atoms with E-state index in [-0.39, 0.29) is 6.03 Å². The zero-order chi connectivity index (χ0) is 15.5. The van der Waals surface area contributed by atoms with Crippen LogP contribution in [0.2, 0.25) is 0 Å². The van der Waals surface area contributed by atoms with E-state index in [0.717, 1.165) is 32.2 Å². The Morgan fingerprint density at radius 1 is 1.29 bits per heavy atom. The van der Waals surface area contributed by atoms with Crippen LogP contribution in [0.3, 0.4) is 0 Å². The Morgan fingerprint density at radius 3 is 2.48 bits per heavy atom. The molecule has 1 atom stereocenters. The summed E-state index contributed by atoms with van der Waals surface area (Å²) in [7, 11) is 2.05. The maximum Gasteiger partial charge on any atom is 0.329 e. The number of carboxylic acid groups (broad SMARTS) is 1. The molecule has 1 saturated carbocycles. The number of carboxylic acids is 1. The second-order valence-corrected chi connectivity index (χ2v) is 6.68. The highest BCUT2D eigenvalue weighted by atomic mass is 16.4. The van der Waals surface area contributed by atoms with Crippen LogP contribution in [0.25, 0.3) is 0 Å². The molecular formula is C15H27N3O3. The summed E-state index contributed by atoms with van der Waals surface area (Å²) in [6.45, 7) is 3.77. The van der Waals surface area contributed by atoms with E-state index in [2.05, 4.69) is 29.5 Å². The molecule has 2 rings (SSSR count). The summed E-state index contributed by atoms with van der Waals surface area (Å²) < 4.78 is 0. The Morgan fingerprint density at radius 2 is 1.95 bits per heavy atom. The maximum absolute atomic E-state index is 12.1. The van der Waals surface area contributed by atoms with E-state index in [4.69, 9.17) is 0 Å². The van der Waals surface area contributed by atoms with Gasteiger partial charge in [0.2, 0.25) is 0 Å². The predicted molar refractivity (Wildman–Crippen MR) is 80.2 cm³/mol. The average molecular weight is 297 g/mol. The van der Waals surface area contributed by atoms with Crippen LogP contribution in [0.1, 0.15) is 45.4 Å². The second-order valence-electron chi connectivity index (χ2n) is 6.68. The summed E-state index contributed by atoms with van der Waals surface area (Å²) in [6.07, 6.45) is 4.95. The molecule has 2 aliphatic rings. The average Bonchev–Trinajstić information content (AvgIpc) is 2.84. The number of hydrogen-bond donors (Lipinski definition) is 3. The van der Waals surface area contributed by atoms with Crippen molar-refractivity contribution in [3.8, 4) is 0 Å². The number of amides is 2. The van der Waals surface area contributed by atoms with E-state index in [0.29, 0.717) is 31.3 Å². The molecule has 3 N–H and O–H groups in total. The monoisotopic (exact) mass is 297 g/mol. The van der Waals surface area contributed by atoms with E-state index in [1.807, 2.05) is 0 Å². The zero-order valence-electron chi connectivity index (χ0n) is 13.0. The normalized spacial score (nSPS) is 33.6. The SMILES string of the molecule is CC1CCC(NC(=O)NCC2CCCN2C)(C(=O)O)CC1. The predicted octanol–water partition coefficient (Wildman–Crippen LogP) is 1.41. The molecule has 0 spiro atoms. The van der Waals surface area contributed by atoms with Crippen molar-refractivity contribution < 1.29 is 14.7 Å². The van der Waals surface area contributed by atoms with Gasteiger partial charge in [0, 0.05) is 12.6 Å². The van der Waals surface area contributed by atoms with Crippen molar-refractivity contribution in [1.82, 2.24) is 15.5 Å². The van der Waals surface area contributed by atoms with E-state index in [9.17, 15) is 14.7 Å². The lowest BCUT2D eigenvalue weighted by Gasteiger charge is -2.36. The number of aliphatic carboxylic acids is 1. The first-order valence-electron chi connectivity index (χ1n) is 7.92. The first-order valence-corrected chi connectivity index (χ1v) is 7.92. The van der Waals surface area contributed by atoms with Gasteiger partial charge in [-0.25, -0.2) is 9.59 Å². The molecule has 1 aliphatic heterocycles. The molecule has 0 aromatic heterocycles. The van der Waals surface area contributed by atoms with Crippen molar-refractivity contribution in [2.75, 3.05) is 20.1 Å². The van der Waals surface area contributed by atoms with Gasteiger partial charge in [0.15, 0.2) is 0 Å². The minimum atomic E-state index is -1.09. The number of hydrogen-bond acceptors (Lipinski definition) is 3. The third-order valence-electron chi connectivity index (χ3n) is 5.06. The molecular weight excluding hydrogens is 270 g/mol. The van der Waals surface area contributed by atoms with Gasteiger partial charge in [-0.2, -0.15) is 0 Å². The fourth-order valence-electron chi connectivity index (χ4n) is 3.36. The van der Waals surface area contributed by atoms with Gasteiger partial charge >= 0.3 is 12.0 Å². The first kappa shape index (κ1) is 16.1. The number of likely N-dealkylation sites (N-methyl/N-ethyl adjacent to an activating group) is 1. The van der Waals surface area contributed by atoms with Crippen LogP contribution in [0.4, 0.5) is 4.79 Å². The number of likely N-dealkylation sites (tertiary alicyclic amines) is 1. The minimum Gasteiger partial charge on any atom is -0.480 e. The van der Waals surface area contributed by atoms with Gasteiger partial charge in [-0.1, -0.05) is 6.92 Å². The fourth-order valence-corrected chi connectivity index (χ4v) is 3.36. The fraction of sp³-hybridized carbons (Fsp3) is 0.867. The molecule has 6 heteroatoms. The lowest BCUT2D eigenvalue weighted by molar-refractivity contribution is -0.146. The molecule has 0 aromatic carbocycles. The summed E-state index contributed by atoms with van der Waals surface area (Å²) in [5.74, 6) is -0.378. The molecule has 2 amide bonds. The van der Waals surface area contributed by atoms with Gasteiger partial charge in [-0.15, -0.1) is 0 Å². The van der Waals surface area contributed by atoms with Crippen molar-refractivity contribution >= 4 is 12.0 Å². The van der Waals surface area contributed by atoms with Crippen molar-refractivity contribution in [3.63, 3.8) is 0 Å². The molecule has 0 bridgehead atoms. The number of urea groups is 1. The lowest BCUT2D eigenvalue weighted by Crippen LogP contribution is -2.59. The lowest BCUT2D eigenvalue weighted by atomic mass is 9.77. The van der Waals surface area contributed by atoms with E-state index >= 15 is 0 Å². The number of rotatable bonds is 4. The molecule has 1 heterocycles. The number of nitrogens with one attached hydrogen (secondary N) is 2. The zero-order valence-corrected chi connectivity index (χ0v) is 13.0. The van der Waals surface area contributed by atoms with Crippen molar-refractivity contribution in [2.45, 2.75) is 57.0 Å². The Balaban J connectivity index is 1.85. The van der Waals surface area contributed by atoms with E-state index in [1.165, 1.54) is 0 Å². The Hall–Kier alpha value is -1.30. The van der Waals surface area contributed by atoms with Crippen LogP contribution < -0.4 is 10.6 Å². The van der Waals surface area contributed by atoms with E-state index < -0.39 is 11.5 Å². The van der Waals surface area contributed by atoms with Gasteiger partial charge in [-0.3, -0.25) is 0 Å². The topological polar surface area (TPSA) is 81.7 Å². The highest BCUT2D eigenvalue weighted by molar-refractivity contribution is 5.86. The van der Waals surface area contributed by atoms with Crippen LogP contribution in [0.5, 0.6) is 0 Å². The molecule has 0 radical (unpaired) electrons. The molecule has 1 saturated heterocycles. The first-order chi connectivity index (χ1) is 9.93. The van der Waals surface area contributed by atoms with Crippen molar-refractivity contribution in [3.05, 3.63) is 0 Å². The standard InChI is InChI=1S/C15H27N3O3/c1-11-5-7-15(8-6-11,13(19)20)17-14(21)16-10-12-4-3-9-18(12)2/h11-12H,3-10H2,1-2H3,(H,19,20)(H2,16,17,21). The molecule has 2 fully saturated rings. The second kappa shape index (κ2) is 6.64. The molecule has 0 aromatic rings. The van der Waals surface area contributed by atoms with Gasteiger partial charge < -0.3 is 20.6 Å². The summed E-state index contributed by atoms with van der Waals surface area (Å²) in [5, 5.41) is 15.1. The highest BCUT2D eigenvalue weighted by Gasteiger charge is 2.42. The highest BCUT2D eigenvalue weighted by Crippen LogP contribution is 2.32. The number of nitrogens with zero attached hydrogens (tertiary/aromatic N) is 1. The summed E-state index contributed by atoms with van der Waals surface area (Å²) in [6, 6.07) is 0.00941. The summed E-state index contributed by atoms with van der Waals surface area (Å²) >= 11 is 0. The maximum atomic E-state index is 12.1. The summed E-state index contributed by atoms with van der Waals surface area (Å²) in [4.78, 5) is 25.9. The summed E-state index contributed by atoms with van der Waals surface area (Å²) in [5.41, 5.74) is -1.09. The largest absolute Gasteiger partial charge is 0.480 e. The van der Waals surface area contributed by atoms with Crippen LogP contribution in [-0.2, 0) is 4.79 Å². The van der Waals surface area contributed by atoms with Crippen molar-refractivity contribution in [1.29, 1.82) is 0 Å². The number of carbonyl (C=O) groups is 2.